The van der Waals surface area contributed by atoms with Crippen molar-refractivity contribution in [3.8, 4) is 35.2 Å². The van der Waals surface area contributed by atoms with Crippen molar-refractivity contribution in [2.24, 2.45) is 0 Å². The van der Waals surface area contributed by atoms with Gasteiger partial charge in [0.1, 0.15) is 48.2 Å². The SMILES string of the molecule is COC(=O)/C=C(/N([C@H](C#CCOc1ccccc1)c1ccccc1)S(=O)(=O)c1ccc(C)cc1)C(F)(F)F.COC(=O)/C=C(/N([C@H](C#CCOc1ccccc1)c1ccccc1)S(=O)(=O)c1ccc(C)cc1)C(F)(F)F. The topological polar surface area (TPSA) is 146 Å². The molecular formula is C56H48F6N2O10S2. The van der Waals surface area contributed by atoms with Gasteiger partial charge < -0.3 is 18.9 Å². The van der Waals surface area contributed by atoms with Crippen molar-refractivity contribution >= 4 is 32.0 Å². The molecule has 6 rings (SSSR count). The Morgan fingerprint density at radius 1 is 0.487 bits per heavy atom. The third-order valence-corrected chi connectivity index (χ3v) is 14.0. The minimum absolute atomic E-state index is 0.101. The number of nitrogens with zero attached hydrogens (tertiary/aromatic N) is 2. The summed E-state index contributed by atoms with van der Waals surface area (Å²) in [7, 11) is -8.01. The minimum atomic E-state index is -5.26. The number of methoxy groups -OCH3 is 2. The van der Waals surface area contributed by atoms with Crippen LogP contribution in [0.25, 0.3) is 0 Å². The Kier molecular flexibility index (Phi) is 20.5. The van der Waals surface area contributed by atoms with Crippen LogP contribution in [-0.2, 0) is 39.1 Å². The van der Waals surface area contributed by atoms with Crippen LogP contribution in [0.1, 0.15) is 34.3 Å². The van der Waals surface area contributed by atoms with Crippen LogP contribution in [-0.4, -0.2) is 77.2 Å². The number of hydrogen-bond donors (Lipinski definition) is 0. The lowest BCUT2D eigenvalue weighted by atomic mass is 10.1. The summed E-state index contributed by atoms with van der Waals surface area (Å²) in [6.07, 6.45) is -10.3. The number of para-hydroxylation sites is 2. The van der Waals surface area contributed by atoms with Gasteiger partial charge in [0.15, 0.2) is 0 Å². The number of halogens is 6. The Hall–Kier alpha value is -8.46. The van der Waals surface area contributed by atoms with Gasteiger partial charge in [-0.15, -0.1) is 0 Å². The fraction of sp³-hybridized carbons (Fsp3) is 0.179. The second kappa shape index (κ2) is 26.7. The Morgan fingerprint density at radius 2 is 0.776 bits per heavy atom. The van der Waals surface area contributed by atoms with Gasteiger partial charge in [-0.05, 0) is 73.5 Å². The summed E-state index contributed by atoms with van der Waals surface area (Å²) in [4.78, 5) is 23.1. The van der Waals surface area contributed by atoms with Crippen LogP contribution >= 0.6 is 0 Å². The largest absolute Gasteiger partial charge is 0.481 e. The number of carbonyl (C=O) groups is 2. The molecule has 0 aliphatic heterocycles. The number of rotatable bonds is 16. The van der Waals surface area contributed by atoms with Gasteiger partial charge in [0.25, 0.3) is 20.0 Å². The molecule has 0 fully saturated rings. The van der Waals surface area contributed by atoms with Gasteiger partial charge >= 0.3 is 24.3 Å². The lowest BCUT2D eigenvalue weighted by Crippen LogP contribution is -2.40. The van der Waals surface area contributed by atoms with Crippen molar-refractivity contribution in [3.05, 3.63) is 216 Å². The van der Waals surface area contributed by atoms with Crippen molar-refractivity contribution in [3.63, 3.8) is 0 Å². The molecule has 6 aromatic rings. The highest BCUT2D eigenvalue weighted by atomic mass is 32.2. The summed E-state index contributed by atoms with van der Waals surface area (Å²) in [5.74, 6) is 8.68. The quantitative estimate of drug-likeness (QED) is 0.0397. The van der Waals surface area contributed by atoms with E-state index in [4.69, 9.17) is 9.47 Å². The number of hydrogen-bond acceptors (Lipinski definition) is 10. The average molecular weight is 1090 g/mol. The lowest BCUT2D eigenvalue weighted by molar-refractivity contribution is -0.137. The molecule has 0 amide bonds. The number of allylic oxidation sites excluding steroid dienone is 2. The molecule has 0 bridgehead atoms. The molecule has 396 valence electrons. The average Bonchev–Trinajstić information content (AvgIpc) is 3.40. The number of sulfonamides is 2. The van der Waals surface area contributed by atoms with Gasteiger partial charge in [-0.1, -0.05) is 156 Å². The smallest absolute Gasteiger partial charge is 0.432 e. The van der Waals surface area contributed by atoms with Gasteiger partial charge in [0, 0.05) is 0 Å². The monoisotopic (exact) mass is 1090 g/mol. The zero-order chi connectivity index (χ0) is 55.5. The van der Waals surface area contributed by atoms with E-state index in [-0.39, 0.29) is 45.1 Å². The van der Waals surface area contributed by atoms with E-state index >= 15 is 0 Å². The van der Waals surface area contributed by atoms with Crippen molar-refractivity contribution in [2.75, 3.05) is 27.4 Å². The van der Waals surface area contributed by atoms with Crippen molar-refractivity contribution in [1.29, 1.82) is 0 Å². The molecule has 20 heteroatoms. The van der Waals surface area contributed by atoms with E-state index in [0.29, 0.717) is 22.6 Å². The molecule has 0 aliphatic carbocycles. The minimum Gasteiger partial charge on any atom is -0.481 e. The zero-order valence-electron chi connectivity index (χ0n) is 41.0. The lowest BCUT2D eigenvalue weighted by Gasteiger charge is -2.32. The third-order valence-electron chi connectivity index (χ3n) is 10.4. The van der Waals surface area contributed by atoms with E-state index in [0.717, 1.165) is 14.2 Å². The first-order valence-electron chi connectivity index (χ1n) is 22.5. The molecule has 0 unspecified atom stereocenters. The predicted molar refractivity (Wildman–Crippen MR) is 271 cm³/mol. The van der Waals surface area contributed by atoms with Crippen molar-refractivity contribution < 1.29 is 71.7 Å². The van der Waals surface area contributed by atoms with E-state index in [9.17, 15) is 52.8 Å². The summed E-state index contributed by atoms with van der Waals surface area (Å²) in [5.41, 5.74) is -1.80. The van der Waals surface area contributed by atoms with Crippen LogP contribution in [0.15, 0.2) is 203 Å². The van der Waals surface area contributed by atoms with Gasteiger partial charge in [0.2, 0.25) is 0 Å². The van der Waals surface area contributed by atoms with E-state index in [1.54, 1.807) is 111 Å². The molecule has 2 atom stereocenters. The molecule has 0 spiro atoms. The number of esters is 2. The van der Waals surface area contributed by atoms with E-state index in [1.807, 2.05) is 0 Å². The van der Waals surface area contributed by atoms with E-state index in [1.165, 1.54) is 72.8 Å². The highest BCUT2D eigenvalue weighted by Gasteiger charge is 2.48. The summed E-state index contributed by atoms with van der Waals surface area (Å²) in [5, 5.41) is 0. The van der Waals surface area contributed by atoms with E-state index in [2.05, 4.69) is 33.2 Å². The van der Waals surface area contributed by atoms with Crippen LogP contribution in [0.3, 0.4) is 0 Å². The fourth-order valence-corrected chi connectivity index (χ4v) is 9.87. The molecule has 0 saturated heterocycles. The van der Waals surface area contributed by atoms with Crippen molar-refractivity contribution in [2.45, 2.75) is 48.1 Å². The number of carbonyl (C=O) groups excluding carboxylic acids is 2. The molecule has 0 saturated carbocycles. The van der Waals surface area contributed by atoms with Crippen LogP contribution in [0.4, 0.5) is 26.3 Å². The number of aryl methyl sites for hydroxylation is 2. The molecule has 0 aliphatic rings. The second-order valence-corrected chi connectivity index (χ2v) is 19.4. The number of ether oxygens (including phenoxy) is 4. The molecule has 12 nitrogen and oxygen atoms in total. The van der Waals surface area contributed by atoms with Gasteiger partial charge in [-0.25, -0.2) is 35.0 Å². The van der Waals surface area contributed by atoms with Crippen LogP contribution in [0.5, 0.6) is 11.5 Å². The molecular weight excluding hydrogens is 1040 g/mol. The fourth-order valence-electron chi connectivity index (χ4n) is 6.72. The predicted octanol–water partition coefficient (Wildman–Crippen LogP) is 10.9. The highest BCUT2D eigenvalue weighted by Crippen LogP contribution is 2.41. The van der Waals surface area contributed by atoms with Crippen LogP contribution in [0.2, 0.25) is 0 Å². The molecule has 0 aromatic heterocycles. The maximum absolute atomic E-state index is 14.4. The Balaban J connectivity index is 0.000000281. The maximum Gasteiger partial charge on any atom is 0.432 e. The van der Waals surface area contributed by atoms with Crippen molar-refractivity contribution in [1.82, 2.24) is 8.61 Å². The first-order chi connectivity index (χ1) is 36.1. The van der Waals surface area contributed by atoms with Gasteiger partial charge in [0.05, 0.1) is 36.2 Å². The molecule has 76 heavy (non-hydrogen) atoms. The Morgan fingerprint density at radius 3 is 1.05 bits per heavy atom. The highest BCUT2D eigenvalue weighted by molar-refractivity contribution is 7.89. The van der Waals surface area contributed by atoms with Gasteiger partial charge in [-0.3, -0.25) is 0 Å². The summed E-state index contributed by atoms with van der Waals surface area (Å²) < 4.78 is 162. The Labute approximate surface area is 436 Å². The first kappa shape index (κ1) is 58.4. The third kappa shape index (κ3) is 16.3. The number of alkyl halides is 6. The molecule has 0 heterocycles. The number of benzene rings is 6. The normalized spacial score (nSPS) is 12.6. The standard InChI is InChI=1S/2C28H24F3NO5S/c2*1-21-15-17-24(18-16-21)38(34,35)32(26(28(29,30)31)20-27(33)36-2)25(22-10-5-3-6-11-22)14-9-19-37-23-12-7-4-8-13-23/h2*3-8,10-13,15-18,20,25H,19H2,1-2H3/b2*26-20+/t2*25-/m11/s1. The van der Waals surface area contributed by atoms with Gasteiger partial charge in [-0.2, -0.15) is 26.3 Å². The molecule has 0 N–H and O–H groups in total. The summed E-state index contributed by atoms with van der Waals surface area (Å²) in [6.45, 7) is 2.95. The summed E-state index contributed by atoms with van der Waals surface area (Å²) in [6, 6.07) is 39.6. The Bertz CT molecular complexity index is 3080. The second-order valence-electron chi connectivity index (χ2n) is 15.8. The first-order valence-corrected chi connectivity index (χ1v) is 25.3. The van der Waals surface area contributed by atoms with Crippen LogP contribution < -0.4 is 9.47 Å². The zero-order valence-corrected chi connectivity index (χ0v) is 42.6. The van der Waals surface area contributed by atoms with E-state index < -0.39 is 77.6 Å². The maximum atomic E-state index is 14.4. The summed E-state index contributed by atoms with van der Waals surface area (Å²) >= 11 is 0. The molecule has 6 aromatic carbocycles. The molecule has 0 radical (unpaired) electrons. The van der Waals surface area contributed by atoms with Crippen LogP contribution in [0, 0.1) is 37.5 Å².